The zero-order chi connectivity index (χ0) is 21.7. The molecule has 0 aliphatic rings. The number of aryl methyl sites for hydroxylation is 1. The molecule has 3 rings (SSSR count). The highest BCUT2D eigenvalue weighted by Gasteiger charge is 2.16. The van der Waals surface area contributed by atoms with Gasteiger partial charge in [0.1, 0.15) is 6.54 Å². The summed E-state index contributed by atoms with van der Waals surface area (Å²) in [4.78, 5) is 27.2. The molecule has 0 saturated carbocycles. The number of nitrogens with one attached hydrogen (secondary N) is 1. The fourth-order valence-corrected chi connectivity index (χ4v) is 2.83. The maximum absolute atomic E-state index is 12.4. The Morgan fingerprint density at radius 3 is 2.37 bits per heavy atom. The van der Waals surface area contributed by atoms with Crippen LogP contribution in [-0.4, -0.2) is 50.5 Å². The summed E-state index contributed by atoms with van der Waals surface area (Å²) < 4.78 is 0. The Balaban J connectivity index is 1.55. The van der Waals surface area contributed by atoms with Gasteiger partial charge in [0, 0.05) is 18.3 Å². The molecule has 3 aromatic rings. The van der Waals surface area contributed by atoms with Crippen LogP contribution >= 0.6 is 0 Å². The van der Waals surface area contributed by atoms with Gasteiger partial charge < -0.3 is 10.2 Å². The minimum atomic E-state index is -0.284. The quantitative estimate of drug-likeness (QED) is 0.651. The number of likely N-dealkylation sites (N-methyl/N-ethyl adjacent to an activating group) is 1. The molecule has 0 spiro atoms. The van der Waals surface area contributed by atoms with Gasteiger partial charge >= 0.3 is 0 Å². The lowest BCUT2D eigenvalue weighted by Crippen LogP contribution is -2.37. The molecule has 1 aromatic heterocycles. The van der Waals surface area contributed by atoms with Crippen LogP contribution in [-0.2, 0) is 16.1 Å². The van der Waals surface area contributed by atoms with E-state index in [1.54, 1.807) is 7.05 Å². The number of aromatic nitrogens is 4. The first-order chi connectivity index (χ1) is 14.3. The van der Waals surface area contributed by atoms with Gasteiger partial charge in [0.15, 0.2) is 0 Å². The summed E-state index contributed by atoms with van der Waals surface area (Å²) >= 11 is 0. The molecule has 0 aliphatic heterocycles. The van der Waals surface area contributed by atoms with E-state index >= 15 is 0 Å². The van der Waals surface area contributed by atoms with Gasteiger partial charge in [0.25, 0.3) is 0 Å². The minimum Gasteiger partial charge on any atom is -0.335 e. The molecule has 0 fully saturated rings. The van der Waals surface area contributed by atoms with Crippen molar-refractivity contribution in [2.24, 2.45) is 0 Å². The van der Waals surface area contributed by atoms with Gasteiger partial charge in [-0.3, -0.25) is 9.59 Å². The van der Waals surface area contributed by atoms with Gasteiger partial charge in [-0.2, -0.15) is 4.80 Å². The Kier molecular flexibility index (Phi) is 6.56. The van der Waals surface area contributed by atoms with Crippen molar-refractivity contribution in [3.05, 3.63) is 59.7 Å². The molecule has 0 atom stereocenters. The van der Waals surface area contributed by atoms with Crippen LogP contribution in [0, 0.1) is 6.92 Å². The van der Waals surface area contributed by atoms with Crippen LogP contribution in [0.5, 0.6) is 0 Å². The molecular weight excluding hydrogens is 380 g/mol. The largest absolute Gasteiger partial charge is 0.335 e. The molecule has 0 aliphatic carbocycles. The Labute approximate surface area is 175 Å². The van der Waals surface area contributed by atoms with Crippen molar-refractivity contribution in [1.82, 2.24) is 25.1 Å². The molecule has 8 nitrogen and oxygen atoms in total. The van der Waals surface area contributed by atoms with E-state index < -0.39 is 0 Å². The van der Waals surface area contributed by atoms with Gasteiger partial charge in [-0.05, 0) is 35.8 Å². The Bertz CT molecular complexity index is 1010. The number of hydrogen-bond acceptors (Lipinski definition) is 5. The highest BCUT2D eigenvalue weighted by Crippen LogP contribution is 2.19. The summed E-state index contributed by atoms with van der Waals surface area (Å²) in [6, 6.07) is 15.4. The summed E-state index contributed by atoms with van der Waals surface area (Å²) in [5.74, 6) is 0.345. The predicted molar refractivity (Wildman–Crippen MR) is 115 cm³/mol. The molecule has 2 aromatic carbocycles. The number of rotatable bonds is 7. The number of amides is 2. The van der Waals surface area contributed by atoms with Crippen LogP contribution in [0.15, 0.2) is 48.5 Å². The van der Waals surface area contributed by atoms with E-state index in [9.17, 15) is 9.59 Å². The second-order valence-electron chi connectivity index (χ2n) is 7.58. The number of nitrogens with zero attached hydrogens (tertiary/aromatic N) is 5. The summed E-state index contributed by atoms with van der Waals surface area (Å²) in [6.45, 7) is 6.08. The first-order valence-corrected chi connectivity index (χ1v) is 9.80. The summed E-state index contributed by atoms with van der Waals surface area (Å²) in [5, 5.41) is 15.0. The predicted octanol–water partition coefficient (Wildman–Crippen LogP) is 2.87. The minimum absolute atomic E-state index is 0.0646. The number of carbonyl (C=O) groups excluding carboxylic acids is 2. The lowest BCUT2D eigenvalue weighted by Gasteiger charge is -2.16. The van der Waals surface area contributed by atoms with Gasteiger partial charge in [-0.25, -0.2) is 0 Å². The zero-order valence-corrected chi connectivity index (χ0v) is 17.7. The molecule has 2 amide bonds. The third-order valence-electron chi connectivity index (χ3n) is 4.71. The number of tetrazole rings is 1. The van der Waals surface area contributed by atoms with Crippen LogP contribution in [0.1, 0.15) is 30.9 Å². The third kappa shape index (κ3) is 5.50. The topological polar surface area (TPSA) is 93.0 Å². The molecule has 8 heteroatoms. The average Bonchev–Trinajstić information content (AvgIpc) is 3.18. The van der Waals surface area contributed by atoms with E-state index in [1.807, 2.05) is 55.5 Å². The van der Waals surface area contributed by atoms with Crippen molar-refractivity contribution in [2.75, 3.05) is 18.9 Å². The Hall–Kier alpha value is -3.55. The summed E-state index contributed by atoms with van der Waals surface area (Å²) in [5.41, 5.74) is 3.86. The first-order valence-electron chi connectivity index (χ1n) is 9.80. The second-order valence-corrected chi connectivity index (χ2v) is 7.58. The van der Waals surface area contributed by atoms with E-state index in [-0.39, 0.29) is 24.9 Å². The smallest absolute Gasteiger partial charge is 0.246 e. The molecule has 1 heterocycles. The van der Waals surface area contributed by atoms with Gasteiger partial charge in [-0.1, -0.05) is 55.8 Å². The van der Waals surface area contributed by atoms with Gasteiger partial charge in [0.05, 0.1) is 6.54 Å². The maximum Gasteiger partial charge on any atom is 0.246 e. The SMILES string of the molecule is Cc1ccc(NC(=O)CN(C)C(=O)Cn2nnc(-c3ccc(C(C)C)cc3)n2)cc1. The number of hydrogen-bond donors (Lipinski definition) is 1. The van der Waals surface area contributed by atoms with Crippen LogP contribution in [0.25, 0.3) is 11.4 Å². The lowest BCUT2D eigenvalue weighted by atomic mass is 10.0. The molecule has 0 saturated heterocycles. The summed E-state index contributed by atoms with van der Waals surface area (Å²) in [6.07, 6.45) is 0. The monoisotopic (exact) mass is 406 g/mol. The summed E-state index contributed by atoms with van der Waals surface area (Å²) in [7, 11) is 1.57. The lowest BCUT2D eigenvalue weighted by molar-refractivity contribution is -0.134. The van der Waals surface area contributed by atoms with Crippen molar-refractivity contribution in [1.29, 1.82) is 0 Å². The van der Waals surface area contributed by atoms with Crippen LogP contribution in [0.4, 0.5) is 5.69 Å². The van der Waals surface area contributed by atoms with Crippen molar-refractivity contribution in [3.63, 3.8) is 0 Å². The second kappa shape index (κ2) is 9.30. The van der Waals surface area contributed by atoms with Crippen molar-refractivity contribution in [3.8, 4) is 11.4 Å². The molecule has 0 radical (unpaired) electrons. The Morgan fingerprint density at radius 1 is 1.07 bits per heavy atom. The van der Waals surface area contributed by atoms with E-state index in [0.717, 1.165) is 11.1 Å². The molecule has 156 valence electrons. The molecule has 0 unspecified atom stereocenters. The van der Waals surface area contributed by atoms with E-state index in [0.29, 0.717) is 17.4 Å². The highest BCUT2D eigenvalue weighted by molar-refractivity contribution is 5.94. The molecule has 0 bridgehead atoms. The normalized spacial score (nSPS) is 10.8. The highest BCUT2D eigenvalue weighted by atomic mass is 16.2. The number of carbonyl (C=O) groups is 2. The van der Waals surface area contributed by atoms with Crippen molar-refractivity contribution in [2.45, 2.75) is 33.2 Å². The van der Waals surface area contributed by atoms with Gasteiger partial charge in [0.2, 0.25) is 17.6 Å². The fraction of sp³-hybridized carbons (Fsp3) is 0.318. The van der Waals surface area contributed by atoms with Crippen molar-refractivity contribution >= 4 is 17.5 Å². The third-order valence-corrected chi connectivity index (χ3v) is 4.71. The zero-order valence-electron chi connectivity index (χ0n) is 17.7. The van der Waals surface area contributed by atoms with E-state index in [1.165, 1.54) is 15.3 Å². The number of anilines is 1. The average molecular weight is 406 g/mol. The molecule has 30 heavy (non-hydrogen) atoms. The maximum atomic E-state index is 12.4. The van der Waals surface area contributed by atoms with Crippen LogP contribution in [0.3, 0.4) is 0 Å². The van der Waals surface area contributed by atoms with E-state index in [2.05, 4.69) is 34.6 Å². The number of benzene rings is 2. The molecular formula is C22H26N6O2. The standard InChI is InChI=1S/C22H26N6O2/c1-15(2)17-7-9-18(10-8-17)22-24-26-28(25-22)14-21(30)27(4)13-20(29)23-19-11-5-16(3)6-12-19/h5-12,15H,13-14H2,1-4H3,(H,23,29). The Morgan fingerprint density at radius 2 is 1.73 bits per heavy atom. The van der Waals surface area contributed by atoms with E-state index in [4.69, 9.17) is 0 Å². The fourth-order valence-electron chi connectivity index (χ4n) is 2.83. The first kappa shape index (κ1) is 21.2. The van der Waals surface area contributed by atoms with Crippen LogP contribution in [0.2, 0.25) is 0 Å². The molecule has 1 N–H and O–H groups in total. The van der Waals surface area contributed by atoms with Gasteiger partial charge in [-0.15, -0.1) is 10.2 Å². The van der Waals surface area contributed by atoms with Crippen molar-refractivity contribution < 1.29 is 9.59 Å². The van der Waals surface area contributed by atoms with Crippen LogP contribution < -0.4 is 5.32 Å².